The number of carboxylic acids is 1. The molecule has 0 aliphatic carbocycles. The van der Waals surface area contributed by atoms with Gasteiger partial charge in [0.05, 0.1) is 0 Å². The van der Waals surface area contributed by atoms with Crippen molar-refractivity contribution in [3.63, 3.8) is 0 Å². The molecule has 2 nitrogen and oxygen atoms in total. The Kier molecular flexibility index (Phi) is 15.4. The van der Waals surface area contributed by atoms with Gasteiger partial charge in [-0.2, -0.15) is 0 Å². The fourth-order valence-corrected chi connectivity index (χ4v) is 0.214. The molecule has 0 amide bonds. The SMILES string of the molecule is CCCC(=O)O.[Na][Cl]. The van der Waals surface area contributed by atoms with Crippen molar-refractivity contribution >= 4 is 40.5 Å². The maximum absolute atomic E-state index is 9.60. The molecule has 0 heterocycles. The first kappa shape index (κ1) is 11.5. The predicted molar refractivity (Wildman–Crippen MR) is 34.2 cm³/mol. The summed E-state index contributed by atoms with van der Waals surface area (Å²) in [7, 11) is 4.78. The first-order valence-corrected chi connectivity index (χ1v) is 5.39. The van der Waals surface area contributed by atoms with Crippen LogP contribution in [-0.2, 0) is 4.79 Å². The van der Waals surface area contributed by atoms with Crippen LogP contribution in [-0.4, -0.2) is 37.7 Å². The molecular weight excluding hydrogens is 138 g/mol. The standard InChI is InChI=1S/C4H8O2.ClH.Na/c1-2-3-4(5)6;;/h2-3H2,1H3,(H,5,6);1H;/q;;+1/p-1. The zero-order valence-corrected chi connectivity index (χ0v) is 7.90. The molecule has 0 rings (SSSR count). The van der Waals surface area contributed by atoms with Gasteiger partial charge in [-0.3, -0.25) is 4.79 Å². The molecule has 0 bridgehead atoms. The van der Waals surface area contributed by atoms with Crippen LogP contribution in [0.2, 0.25) is 0 Å². The summed E-state index contributed by atoms with van der Waals surface area (Å²) in [6, 6.07) is 0. The van der Waals surface area contributed by atoms with Gasteiger partial charge in [0.15, 0.2) is 0 Å². The van der Waals surface area contributed by atoms with E-state index in [9.17, 15) is 4.79 Å². The van der Waals surface area contributed by atoms with Crippen molar-refractivity contribution in [2.75, 3.05) is 0 Å². The van der Waals surface area contributed by atoms with E-state index in [4.69, 9.17) is 13.0 Å². The van der Waals surface area contributed by atoms with Crippen molar-refractivity contribution in [2.24, 2.45) is 0 Å². The van der Waals surface area contributed by atoms with Crippen LogP contribution in [0.1, 0.15) is 19.8 Å². The van der Waals surface area contributed by atoms with Crippen molar-refractivity contribution in [3.8, 4) is 0 Å². The van der Waals surface area contributed by atoms with Gasteiger partial charge in [0, 0.05) is 6.42 Å². The summed E-state index contributed by atoms with van der Waals surface area (Å²) in [5.74, 6) is -0.711. The van der Waals surface area contributed by atoms with E-state index in [2.05, 4.69) is 0 Å². The molecule has 0 aromatic carbocycles. The molecule has 0 aromatic rings. The van der Waals surface area contributed by atoms with E-state index in [-0.39, 0.29) is 0 Å². The molecule has 0 saturated heterocycles. The van der Waals surface area contributed by atoms with E-state index >= 15 is 0 Å². The second kappa shape index (κ2) is 10.7. The molecule has 0 saturated carbocycles. The molecular formula is C4H8ClNaO2. The second-order valence-corrected chi connectivity index (χ2v) is 1.14. The molecule has 44 valence electrons. The van der Waals surface area contributed by atoms with Crippen molar-refractivity contribution < 1.29 is 9.90 Å². The van der Waals surface area contributed by atoms with Crippen LogP contribution in [0, 0.1) is 0 Å². The Morgan fingerprint density at radius 3 is 2.12 bits per heavy atom. The monoisotopic (exact) mass is 146 g/mol. The van der Waals surface area contributed by atoms with Gasteiger partial charge >= 0.3 is 40.5 Å². The van der Waals surface area contributed by atoms with E-state index in [1.165, 1.54) is 0 Å². The number of hydrogen-bond acceptors (Lipinski definition) is 1. The van der Waals surface area contributed by atoms with E-state index in [0.29, 0.717) is 6.42 Å². The molecule has 4 heteroatoms. The molecule has 8 heavy (non-hydrogen) atoms. The van der Waals surface area contributed by atoms with Gasteiger partial charge in [-0.1, -0.05) is 6.92 Å². The van der Waals surface area contributed by atoms with E-state index in [1.807, 2.05) is 6.92 Å². The molecule has 0 aromatic heterocycles. The van der Waals surface area contributed by atoms with Crippen molar-refractivity contribution in [1.29, 1.82) is 0 Å². The normalized spacial score (nSPS) is 7.00. The van der Waals surface area contributed by atoms with Gasteiger partial charge in [0.2, 0.25) is 0 Å². The van der Waals surface area contributed by atoms with Gasteiger partial charge in [-0.05, 0) is 6.42 Å². The topological polar surface area (TPSA) is 37.3 Å². The van der Waals surface area contributed by atoms with Gasteiger partial charge in [0.25, 0.3) is 0 Å². The number of carbonyl (C=O) groups is 1. The molecule has 0 unspecified atom stereocenters. The van der Waals surface area contributed by atoms with Crippen LogP contribution < -0.4 is 0 Å². The van der Waals surface area contributed by atoms with Gasteiger partial charge in [0.1, 0.15) is 0 Å². The Morgan fingerprint density at radius 1 is 1.75 bits per heavy atom. The minimum atomic E-state index is -0.711. The summed E-state index contributed by atoms with van der Waals surface area (Å²) < 4.78 is 0. The summed E-state index contributed by atoms with van der Waals surface area (Å²) in [5, 5.41) is 7.91. The van der Waals surface area contributed by atoms with Gasteiger partial charge < -0.3 is 5.11 Å². The summed E-state index contributed by atoms with van der Waals surface area (Å²) in [6.45, 7) is 1.84. The van der Waals surface area contributed by atoms with Crippen LogP contribution >= 0.6 is 7.91 Å². The summed E-state index contributed by atoms with van der Waals surface area (Å²) >= 11 is 0.778. The van der Waals surface area contributed by atoms with E-state index in [1.54, 1.807) is 0 Å². The van der Waals surface area contributed by atoms with Crippen molar-refractivity contribution in [1.82, 2.24) is 0 Å². The van der Waals surface area contributed by atoms with Gasteiger partial charge in [-0.25, -0.2) is 0 Å². The van der Waals surface area contributed by atoms with Crippen molar-refractivity contribution in [3.05, 3.63) is 0 Å². The summed E-state index contributed by atoms with van der Waals surface area (Å²) in [5.41, 5.74) is 0. The average Bonchev–Trinajstić information content (AvgIpc) is 1.72. The van der Waals surface area contributed by atoms with Gasteiger partial charge in [-0.15, -0.1) is 0 Å². The van der Waals surface area contributed by atoms with Crippen molar-refractivity contribution in [2.45, 2.75) is 19.8 Å². The van der Waals surface area contributed by atoms with Crippen LogP contribution in [0.4, 0.5) is 0 Å². The average molecular weight is 147 g/mol. The number of halogens is 1. The molecule has 0 atom stereocenters. The Bertz CT molecular complexity index is 58.0. The second-order valence-electron chi connectivity index (χ2n) is 1.14. The van der Waals surface area contributed by atoms with Crippen LogP contribution in [0.3, 0.4) is 0 Å². The zero-order chi connectivity index (χ0) is 6.99. The van der Waals surface area contributed by atoms with Crippen LogP contribution in [0.5, 0.6) is 0 Å². The third-order valence-electron chi connectivity index (χ3n) is 0.464. The first-order valence-electron chi connectivity index (χ1n) is 2.37. The number of carboxylic acid groups (broad SMARTS) is 1. The fraction of sp³-hybridized carbons (Fsp3) is 0.750. The molecule has 0 radical (unpaired) electrons. The molecule has 1 N–H and O–H groups in total. The van der Waals surface area contributed by atoms with E-state index < -0.39 is 5.97 Å². The Hall–Kier alpha value is 0.760. The summed E-state index contributed by atoms with van der Waals surface area (Å²) in [6.07, 6.45) is 1.02. The van der Waals surface area contributed by atoms with Crippen LogP contribution in [0.15, 0.2) is 0 Å². The number of hydrogen-bond donors (Lipinski definition) is 1. The first-order chi connectivity index (χ1) is 3.77. The molecule has 0 fully saturated rings. The third kappa shape index (κ3) is 15.9. The molecule has 0 aliphatic heterocycles. The van der Waals surface area contributed by atoms with Crippen LogP contribution in [0.25, 0.3) is 0 Å². The zero-order valence-electron chi connectivity index (χ0n) is 5.15. The number of rotatable bonds is 2. The van der Waals surface area contributed by atoms with E-state index in [0.717, 1.165) is 33.1 Å². The Balaban J connectivity index is 0. The minimum absolute atomic E-state index is 0.292. The quantitative estimate of drug-likeness (QED) is 0.594. The molecule has 0 aliphatic rings. The summed E-state index contributed by atoms with van der Waals surface area (Å²) in [4.78, 5) is 9.60. The molecule has 0 spiro atoms. The Morgan fingerprint density at radius 2 is 2.12 bits per heavy atom. The number of aliphatic carboxylic acids is 1. The third-order valence-corrected chi connectivity index (χ3v) is 0.464. The fourth-order valence-electron chi connectivity index (χ4n) is 0.214. The maximum atomic E-state index is 9.60. The Labute approximate surface area is 69.9 Å². The predicted octanol–water partition coefficient (Wildman–Crippen LogP) is 1.18.